The van der Waals surface area contributed by atoms with E-state index in [0.717, 1.165) is 12.1 Å². The topological polar surface area (TPSA) is 81.7 Å². The predicted octanol–water partition coefficient (Wildman–Crippen LogP) is 2.00. The first-order valence-electron chi connectivity index (χ1n) is 7.86. The molecule has 1 atom stereocenters. The Bertz CT molecular complexity index is 818. The molecule has 0 fully saturated rings. The number of halogens is 3. The van der Waals surface area contributed by atoms with E-state index in [1.54, 1.807) is 19.0 Å². The monoisotopic (exact) mass is 381 g/mol. The number of carbonyl (C=O) groups is 2. The second kappa shape index (κ2) is 8.65. The zero-order valence-electron chi connectivity index (χ0n) is 14.6. The van der Waals surface area contributed by atoms with Gasteiger partial charge in [-0.15, -0.1) is 0 Å². The van der Waals surface area contributed by atoms with Crippen molar-refractivity contribution in [3.8, 4) is 11.1 Å². The van der Waals surface area contributed by atoms with Gasteiger partial charge in [0.2, 0.25) is 5.91 Å². The smallest absolute Gasteiger partial charge is 0.270 e. The number of amides is 2. The van der Waals surface area contributed by atoms with E-state index in [-0.39, 0.29) is 12.1 Å². The first kappa shape index (κ1) is 20.4. The van der Waals surface area contributed by atoms with Gasteiger partial charge in [0.1, 0.15) is 6.04 Å². The Balaban J connectivity index is 2.29. The maximum absolute atomic E-state index is 13.4. The summed E-state index contributed by atoms with van der Waals surface area (Å²) in [6, 6.07) is 6.34. The van der Waals surface area contributed by atoms with Crippen molar-refractivity contribution in [2.75, 3.05) is 20.6 Å². The maximum Gasteiger partial charge on any atom is 0.270 e. The first-order chi connectivity index (χ1) is 12.7. The van der Waals surface area contributed by atoms with Crippen molar-refractivity contribution >= 4 is 11.8 Å². The number of carbonyl (C=O) groups excluding carboxylic acids is 2. The second-order valence-electron chi connectivity index (χ2n) is 6.09. The Hall–Kier alpha value is -2.91. The standard InChI is InChI=1S/C18H18F3N3O3/c1-24(2)9-15(25)22-17(18(26)23-27)11-5-3-10(4-6-11)12-7-13(19)16(21)14(20)8-12/h3-8,17,27H,9H2,1-2H3,(H,22,25)(H,23,26). The molecule has 0 aliphatic rings. The highest BCUT2D eigenvalue weighted by Crippen LogP contribution is 2.25. The molecule has 2 rings (SSSR count). The lowest BCUT2D eigenvalue weighted by molar-refractivity contribution is -0.135. The molecular weight excluding hydrogens is 363 g/mol. The Morgan fingerprint density at radius 3 is 2.07 bits per heavy atom. The highest BCUT2D eigenvalue weighted by Gasteiger charge is 2.23. The predicted molar refractivity (Wildman–Crippen MR) is 91.1 cm³/mol. The van der Waals surface area contributed by atoms with Crippen LogP contribution in [0.1, 0.15) is 11.6 Å². The van der Waals surface area contributed by atoms with Crippen LogP contribution in [-0.2, 0) is 9.59 Å². The van der Waals surface area contributed by atoms with Crippen molar-refractivity contribution in [1.82, 2.24) is 15.7 Å². The average Bonchev–Trinajstić information content (AvgIpc) is 2.62. The summed E-state index contributed by atoms with van der Waals surface area (Å²) in [6.45, 7) is 0.0292. The number of nitrogens with one attached hydrogen (secondary N) is 2. The number of nitrogens with zero attached hydrogens (tertiary/aromatic N) is 1. The van der Waals surface area contributed by atoms with Crippen LogP contribution in [-0.4, -0.2) is 42.6 Å². The van der Waals surface area contributed by atoms with Crippen LogP contribution in [0, 0.1) is 17.5 Å². The molecule has 0 spiro atoms. The largest absolute Gasteiger partial charge is 0.339 e. The lowest BCUT2D eigenvalue weighted by Crippen LogP contribution is -2.42. The van der Waals surface area contributed by atoms with E-state index < -0.39 is 35.3 Å². The van der Waals surface area contributed by atoms with Crippen LogP contribution in [0.3, 0.4) is 0 Å². The number of likely N-dealkylation sites (N-methyl/N-ethyl adjacent to an activating group) is 1. The first-order valence-corrected chi connectivity index (χ1v) is 7.86. The molecular formula is C18H18F3N3O3. The summed E-state index contributed by atoms with van der Waals surface area (Å²) in [5, 5.41) is 11.4. The summed E-state index contributed by atoms with van der Waals surface area (Å²) in [6.07, 6.45) is 0. The fraction of sp³-hybridized carbons (Fsp3) is 0.222. The highest BCUT2D eigenvalue weighted by atomic mass is 19.2. The lowest BCUT2D eigenvalue weighted by atomic mass is 10.00. The third-order valence-electron chi connectivity index (χ3n) is 3.70. The van der Waals surface area contributed by atoms with Crippen LogP contribution in [0.15, 0.2) is 36.4 Å². The zero-order chi connectivity index (χ0) is 20.1. The van der Waals surface area contributed by atoms with Crippen molar-refractivity contribution in [2.24, 2.45) is 0 Å². The molecule has 0 heterocycles. The number of benzene rings is 2. The van der Waals surface area contributed by atoms with Gasteiger partial charge in [0.15, 0.2) is 17.5 Å². The van der Waals surface area contributed by atoms with E-state index in [1.165, 1.54) is 29.7 Å². The van der Waals surface area contributed by atoms with Crippen LogP contribution in [0.2, 0.25) is 0 Å². The van der Waals surface area contributed by atoms with Crippen molar-refractivity contribution < 1.29 is 28.0 Å². The van der Waals surface area contributed by atoms with Gasteiger partial charge in [-0.25, -0.2) is 18.7 Å². The summed E-state index contributed by atoms with van der Waals surface area (Å²) in [5.41, 5.74) is 2.30. The van der Waals surface area contributed by atoms with Crippen LogP contribution in [0.4, 0.5) is 13.2 Å². The van der Waals surface area contributed by atoms with Crippen molar-refractivity contribution in [1.29, 1.82) is 0 Å². The number of hydrogen-bond acceptors (Lipinski definition) is 4. The van der Waals surface area contributed by atoms with Gasteiger partial charge in [-0.05, 0) is 42.9 Å². The second-order valence-corrected chi connectivity index (χ2v) is 6.09. The summed E-state index contributed by atoms with van der Waals surface area (Å²) in [4.78, 5) is 25.4. The van der Waals surface area contributed by atoms with Gasteiger partial charge in [0, 0.05) is 0 Å². The van der Waals surface area contributed by atoms with Gasteiger partial charge < -0.3 is 10.2 Å². The van der Waals surface area contributed by atoms with Crippen molar-refractivity contribution in [2.45, 2.75) is 6.04 Å². The summed E-state index contributed by atoms with van der Waals surface area (Å²) in [5.74, 6) is -5.49. The van der Waals surface area contributed by atoms with Crippen molar-refractivity contribution in [3.05, 3.63) is 59.4 Å². The fourth-order valence-electron chi connectivity index (χ4n) is 2.45. The van der Waals surface area contributed by atoms with E-state index in [9.17, 15) is 22.8 Å². The zero-order valence-corrected chi connectivity index (χ0v) is 14.6. The molecule has 0 aliphatic heterocycles. The Labute approximate surface area is 153 Å². The molecule has 2 aromatic carbocycles. The number of rotatable bonds is 6. The number of hydroxylamine groups is 1. The molecule has 3 N–H and O–H groups in total. The molecule has 0 aromatic heterocycles. The molecule has 0 radical (unpaired) electrons. The maximum atomic E-state index is 13.4. The van der Waals surface area contributed by atoms with Gasteiger partial charge in [-0.2, -0.15) is 0 Å². The van der Waals surface area contributed by atoms with Gasteiger partial charge in [0.05, 0.1) is 6.54 Å². The molecule has 144 valence electrons. The third kappa shape index (κ3) is 5.05. The van der Waals surface area contributed by atoms with E-state index in [0.29, 0.717) is 11.1 Å². The molecule has 1 unspecified atom stereocenters. The minimum atomic E-state index is -1.56. The van der Waals surface area contributed by atoms with Gasteiger partial charge in [0.25, 0.3) is 5.91 Å². The Morgan fingerprint density at radius 1 is 1.04 bits per heavy atom. The molecule has 0 aliphatic carbocycles. The molecule has 2 aromatic rings. The molecule has 9 heteroatoms. The van der Waals surface area contributed by atoms with Crippen LogP contribution >= 0.6 is 0 Å². The third-order valence-corrected chi connectivity index (χ3v) is 3.70. The quantitative estimate of drug-likeness (QED) is 0.406. The van der Waals surface area contributed by atoms with E-state index in [2.05, 4.69) is 5.32 Å². The van der Waals surface area contributed by atoms with Crippen LogP contribution < -0.4 is 10.8 Å². The molecule has 0 saturated heterocycles. The van der Waals surface area contributed by atoms with E-state index in [1.807, 2.05) is 0 Å². The minimum absolute atomic E-state index is 0.0292. The van der Waals surface area contributed by atoms with E-state index >= 15 is 0 Å². The molecule has 27 heavy (non-hydrogen) atoms. The molecule has 0 bridgehead atoms. The SMILES string of the molecule is CN(C)CC(=O)NC(C(=O)NO)c1ccc(-c2cc(F)c(F)c(F)c2)cc1. The van der Waals surface area contributed by atoms with Crippen LogP contribution in [0.25, 0.3) is 11.1 Å². The summed E-state index contributed by atoms with van der Waals surface area (Å²) < 4.78 is 39.8. The normalized spacial score (nSPS) is 12.0. The lowest BCUT2D eigenvalue weighted by Gasteiger charge is -2.19. The molecule has 6 nitrogen and oxygen atoms in total. The molecule has 0 saturated carbocycles. The Morgan fingerprint density at radius 2 is 1.59 bits per heavy atom. The van der Waals surface area contributed by atoms with Gasteiger partial charge in [-0.1, -0.05) is 24.3 Å². The van der Waals surface area contributed by atoms with Crippen LogP contribution in [0.5, 0.6) is 0 Å². The summed E-state index contributed by atoms with van der Waals surface area (Å²) >= 11 is 0. The molecule has 2 amide bonds. The average molecular weight is 381 g/mol. The number of hydrogen-bond donors (Lipinski definition) is 3. The van der Waals surface area contributed by atoms with E-state index in [4.69, 9.17) is 5.21 Å². The van der Waals surface area contributed by atoms with Crippen molar-refractivity contribution in [3.63, 3.8) is 0 Å². The van der Waals surface area contributed by atoms with Gasteiger partial charge >= 0.3 is 0 Å². The Kier molecular flexibility index (Phi) is 6.54. The fourth-order valence-corrected chi connectivity index (χ4v) is 2.45. The summed E-state index contributed by atoms with van der Waals surface area (Å²) in [7, 11) is 3.35. The minimum Gasteiger partial charge on any atom is -0.339 e. The highest BCUT2D eigenvalue weighted by molar-refractivity contribution is 5.88. The van der Waals surface area contributed by atoms with Gasteiger partial charge in [-0.3, -0.25) is 14.8 Å².